The van der Waals surface area contributed by atoms with E-state index in [0.717, 1.165) is 34.5 Å². The van der Waals surface area contributed by atoms with Gasteiger partial charge < -0.3 is 10.6 Å². The monoisotopic (exact) mass is 368 g/mol. The topological polar surface area (TPSA) is 67.1 Å². The molecule has 0 unspecified atom stereocenters. The van der Waals surface area contributed by atoms with Gasteiger partial charge in [0, 0.05) is 36.7 Å². The van der Waals surface area contributed by atoms with Gasteiger partial charge in [-0.25, -0.2) is 15.0 Å². The number of aromatic nitrogens is 3. The molecule has 0 amide bonds. The van der Waals surface area contributed by atoms with Crippen molar-refractivity contribution < 1.29 is 0 Å². The first-order valence-electron chi connectivity index (χ1n) is 8.45. The maximum atomic E-state index is 6.21. The molecule has 3 aromatic rings. The smallest absolute Gasteiger partial charge is 0.191 e. The van der Waals surface area contributed by atoms with E-state index < -0.39 is 0 Å². The zero-order chi connectivity index (χ0) is 18.2. The van der Waals surface area contributed by atoms with Gasteiger partial charge in [0.25, 0.3) is 0 Å². The highest BCUT2D eigenvalue weighted by atomic mass is 35.5. The lowest BCUT2D eigenvalue weighted by atomic mass is 10.2. The minimum atomic E-state index is 0.544. The second-order valence-corrected chi connectivity index (χ2v) is 6.04. The van der Waals surface area contributed by atoms with Gasteiger partial charge in [0.15, 0.2) is 5.96 Å². The highest BCUT2D eigenvalue weighted by molar-refractivity contribution is 6.31. The zero-order valence-corrected chi connectivity index (χ0v) is 15.3. The average Bonchev–Trinajstić information content (AvgIpc) is 3.20. The van der Waals surface area contributed by atoms with E-state index in [1.807, 2.05) is 54.1 Å². The third-order valence-corrected chi connectivity index (χ3v) is 4.12. The van der Waals surface area contributed by atoms with Crippen molar-refractivity contribution >= 4 is 17.6 Å². The summed E-state index contributed by atoms with van der Waals surface area (Å²) in [6.45, 7) is 3.98. The molecule has 134 valence electrons. The van der Waals surface area contributed by atoms with Gasteiger partial charge in [-0.1, -0.05) is 29.8 Å². The second-order valence-electron chi connectivity index (χ2n) is 5.63. The summed E-state index contributed by atoms with van der Waals surface area (Å²) in [7, 11) is 0. The summed E-state index contributed by atoms with van der Waals surface area (Å²) < 4.78 is 1.87. The molecule has 0 atom stereocenters. The molecule has 2 N–H and O–H groups in total. The predicted octanol–water partition coefficient (Wildman–Crippen LogP) is 3.18. The van der Waals surface area contributed by atoms with Crippen molar-refractivity contribution in [2.45, 2.75) is 20.0 Å². The Bertz CT molecular complexity index is 860. The molecule has 0 aliphatic rings. The molecule has 7 heteroatoms. The summed E-state index contributed by atoms with van der Waals surface area (Å²) in [5, 5.41) is 7.31. The molecule has 0 aliphatic heterocycles. The maximum Gasteiger partial charge on any atom is 0.191 e. The van der Waals surface area contributed by atoms with Gasteiger partial charge in [-0.05, 0) is 36.2 Å². The van der Waals surface area contributed by atoms with Crippen LogP contribution in [0, 0.1) is 0 Å². The molecule has 2 aromatic heterocycles. The van der Waals surface area contributed by atoms with Crippen LogP contribution in [0.2, 0.25) is 5.02 Å². The van der Waals surface area contributed by atoms with Gasteiger partial charge in [0.05, 0.1) is 6.54 Å². The van der Waals surface area contributed by atoms with Crippen molar-refractivity contribution in [1.82, 2.24) is 25.2 Å². The van der Waals surface area contributed by atoms with Gasteiger partial charge in [0.2, 0.25) is 0 Å². The average molecular weight is 369 g/mol. The summed E-state index contributed by atoms with van der Waals surface area (Å²) in [4.78, 5) is 13.1. The van der Waals surface area contributed by atoms with Crippen LogP contribution in [0.15, 0.2) is 66.3 Å². The molecule has 26 heavy (non-hydrogen) atoms. The fraction of sp³-hybridized carbons (Fsp3) is 0.211. The van der Waals surface area contributed by atoms with Crippen LogP contribution >= 0.6 is 11.6 Å². The molecule has 0 radical (unpaired) electrons. The molecular weight excluding hydrogens is 348 g/mol. The molecule has 0 saturated heterocycles. The van der Waals surface area contributed by atoms with Crippen LogP contribution in [0.25, 0.3) is 5.82 Å². The van der Waals surface area contributed by atoms with Crippen molar-refractivity contribution in [3.63, 3.8) is 0 Å². The number of hydrogen-bond donors (Lipinski definition) is 2. The van der Waals surface area contributed by atoms with Gasteiger partial charge >= 0.3 is 0 Å². The minimum Gasteiger partial charge on any atom is -0.357 e. The summed E-state index contributed by atoms with van der Waals surface area (Å²) in [6.07, 6.45) is 7.11. The SMILES string of the molecule is CCNC(=NCc1ccnc(-n2ccnc2)c1)NCc1ccccc1Cl. The number of halogens is 1. The second kappa shape index (κ2) is 9.01. The van der Waals surface area contributed by atoms with Crippen LogP contribution in [0.1, 0.15) is 18.1 Å². The van der Waals surface area contributed by atoms with Crippen LogP contribution in [0.5, 0.6) is 0 Å². The standard InChI is InChI=1S/C19H21ClN6/c1-2-22-19(25-13-16-5-3-4-6-17(16)20)24-12-15-7-8-23-18(11-15)26-10-9-21-14-26/h3-11,14H,2,12-13H2,1H3,(H2,22,24,25). The maximum absolute atomic E-state index is 6.21. The Morgan fingerprint density at radius 1 is 1.19 bits per heavy atom. The Labute approximate surface area is 158 Å². The van der Waals surface area contributed by atoms with Gasteiger partial charge in [0.1, 0.15) is 12.1 Å². The summed E-state index contributed by atoms with van der Waals surface area (Å²) in [6, 6.07) is 11.7. The zero-order valence-electron chi connectivity index (χ0n) is 14.6. The number of guanidine groups is 1. The Kier molecular flexibility index (Phi) is 6.22. The molecule has 0 saturated carbocycles. The largest absolute Gasteiger partial charge is 0.357 e. The number of nitrogens with one attached hydrogen (secondary N) is 2. The van der Waals surface area contributed by atoms with E-state index in [0.29, 0.717) is 13.1 Å². The molecule has 1 aromatic carbocycles. The van der Waals surface area contributed by atoms with E-state index in [1.165, 1.54) is 0 Å². The first-order chi connectivity index (χ1) is 12.8. The Balaban J connectivity index is 1.67. The van der Waals surface area contributed by atoms with Crippen LogP contribution in [-0.4, -0.2) is 27.0 Å². The Morgan fingerprint density at radius 2 is 2.08 bits per heavy atom. The third-order valence-electron chi connectivity index (χ3n) is 3.75. The van der Waals surface area contributed by atoms with Crippen molar-refractivity contribution in [1.29, 1.82) is 0 Å². The number of nitrogens with zero attached hydrogens (tertiary/aromatic N) is 4. The molecule has 0 bridgehead atoms. The normalized spacial score (nSPS) is 11.4. The first-order valence-corrected chi connectivity index (χ1v) is 8.83. The van der Waals surface area contributed by atoms with E-state index in [9.17, 15) is 0 Å². The van der Waals surface area contributed by atoms with Crippen LogP contribution in [0.3, 0.4) is 0 Å². The highest BCUT2D eigenvalue weighted by Crippen LogP contribution is 2.14. The third kappa shape index (κ3) is 4.83. The Hall–Kier alpha value is -2.86. The summed E-state index contributed by atoms with van der Waals surface area (Å²) in [5.74, 6) is 1.57. The number of aliphatic imine (C=N–C) groups is 1. The molecular formula is C19H21ClN6. The summed E-state index contributed by atoms with van der Waals surface area (Å²) >= 11 is 6.21. The molecule has 0 spiro atoms. The van der Waals surface area contributed by atoms with E-state index >= 15 is 0 Å². The van der Waals surface area contributed by atoms with Gasteiger partial charge in [-0.3, -0.25) is 4.57 Å². The number of rotatable bonds is 6. The van der Waals surface area contributed by atoms with Crippen molar-refractivity contribution in [2.24, 2.45) is 4.99 Å². The van der Waals surface area contributed by atoms with Crippen LogP contribution in [0.4, 0.5) is 0 Å². The summed E-state index contributed by atoms with van der Waals surface area (Å²) in [5.41, 5.74) is 2.10. The van der Waals surface area contributed by atoms with Gasteiger partial charge in [-0.15, -0.1) is 0 Å². The Morgan fingerprint density at radius 3 is 2.85 bits per heavy atom. The molecule has 0 fully saturated rings. The lowest BCUT2D eigenvalue weighted by Crippen LogP contribution is -2.36. The highest BCUT2D eigenvalue weighted by Gasteiger charge is 2.03. The molecule has 2 heterocycles. The molecule has 6 nitrogen and oxygen atoms in total. The van der Waals surface area contributed by atoms with Crippen molar-refractivity contribution in [3.05, 3.63) is 77.5 Å². The van der Waals surface area contributed by atoms with E-state index in [-0.39, 0.29) is 0 Å². The minimum absolute atomic E-state index is 0.544. The van der Waals surface area contributed by atoms with E-state index in [1.54, 1.807) is 18.7 Å². The van der Waals surface area contributed by atoms with Crippen LogP contribution < -0.4 is 10.6 Å². The van der Waals surface area contributed by atoms with Crippen molar-refractivity contribution in [2.75, 3.05) is 6.54 Å². The quantitative estimate of drug-likeness (QED) is 0.518. The lowest BCUT2D eigenvalue weighted by molar-refractivity contribution is 0.815. The van der Waals surface area contributed by atoms with E-state index in [2.05, 4.69) is 25.6 Å². The molecule has 3 rings (SSSR count). The number of imidazole rings is 1. The number of hydrogen-bond acceptors (Lipinski definition) is 3. The molecule has 0 aliphatic carbocycles. The lowest BCUT2D eigenvalue weighted by Gasteiger charge is -2.12. The number of pyridine rings is 1. The van der Waals surface area contributed by atoms with Gasteiger partial charge in [-0.2, -0.15) is 0 Å². The number of benzene rings is 1. The van der Waals surface area contributed by atoms with Crippen molar-refractivity contribution in [3.8, 4) is 5.82 Å². The van der Waals surface area contributed by atoms with E-state index in [4.69, 9.17) is 11.6 Å². The first kappa shape index (κ1) is 17.9. The van der Waals surface area contributed by atoms with Crippen LogP contribution in [-0.2, 0) is 13.1 Å². The fourth-order valence-electron chi connectivity index (χ4n) is 2.43. The predicted molar refractivity (Wildman–Crippen MR) is 104 cm³/mol. The fourth-order valence-corrected chi connectivity index (χ4v) is 2.63.